The highest BCUT2D eigenvalue weighted by atomic mass is 32.2. The Labute approximate surface area is 116 Å². The lowest BCUT2D eigenvalue weighted by Gasteiger charge is -2.08. The van der Waals surface area contributed by atoms with Gasteiger partial charge in [0, 0.05) is 13.7 Å². The zero-order chi connectivity index (χ0) is 14.1. The van der Waals surface area contributed by atoms with Crippen LogP contribution in [0.15, 0.2) is 24.3 Å². The molecule has 1 N–H and O–H groups in total. The van der Waals surface area contributed by atoms with Crippen LogP contribution < -0.4 is 5.32 Å². The summed E-state index contributed by atoms with van der Waals surface area (Å²) in [5, 5.41) is 3.14. The number of rotatable bonds is 9. The summed E-state index contributed by atoms with van der Waals surface area (Å²) in [5.41, 5.74) is 1.93. The predicted octanol–water partition coefficient (Wildman–Crippen LogP) is 1.54. The second-order valence-corrected chi connectivity index (χ2v) is 6.80. The van der Waals surface area contributed by atoms with Crippen molar-refractivity contribution in [2.24, 2.45) is 0 Å². The van der Waals surface area contributed by atoms with Gasteiger partial charge in [-0.1, -0.05) is 24.3 Å². The van der Waals surface area contributed by atoms with E-state index in [0.29, 0.717) is 19.6 Å². The molecule has 5 heteroatoms. The lowest BCUT2D eigenvalue weighted by Crippen LogP contribution is -2.22. The van der Waals surface area contributed by atoms with Crippen molar-refractivity contribution in [1.82, 2.24) is 5.32 Å². The van der Waals surface area contributed by atoms with Crippen molar-refractivity contribution in [3.63, 3.8) is 0 Å². The van der Waals surface area contributed by atoms with E-state index in [1.807, 2.05) is 31.2 Å². The molecule has 0 aliphatic heterocycles. The molecule has 0 aromatic heterocycles. The zero-order valence-corrected chi connectivity index (χ0v) is 12.5. The summed E-state index contributed by atoms with van der Waals surface area (Å²) >= 11 is 0. The number of hydrogen-bond donors (Lipinski definition) is 1. The van der Waals surface area contributed by atoms with Gasteiger partial charge in [0.25, 0.3) is 0 Å². The van der Waals surface area contributed by atoms with Gasteiger partial charge in [0.15, 0.2) is 9.84 Å². The Bertz CT molecular complexity index is 471. The minimum atomic E-state index is -3.02. The van der Waals surface area contributed by atoms with Crippen LogP contribution in [-0.2, 0) is 20.3 Å². The van der Waals surface area contributed by atoms with Gasteiger partial charge >= 0.3 is 0 Å². The second-order valence-electron chi connectivity index (χ2n) is 4.61. The summed E-state index contributed by atoms with van der Waals surface area (Å²) in [6.45, 7) is 4.05. The molecule has 0 heterocycles. The molecule has 0 fully saturated rings. The van der Waals surface area contributed by atoms with E-state index in [1.54, 1.807) is 7.11 Å². The topological polar surface area (TPSA) is 55.4 Å². The van der Waals surface area contributed by atoms with Crippen LogP contribution in [0.1, 0.15) is 17.5 Å². The van der Waals surface area contributed by atoms with Crippen LogP contribution in [-0.4, -0.2) is 41.0 Å². The number of nitrogens with one attached hydrogen (secondary N) is 1. The van der Waals surface area contributed by atoms with Gasteiger partial charge in [0.05, 0.1) is 18.1 Å². The Morgan fingerprint density at radius 3 is 2.63 bits per heavy atom. The smallest absolute Gasteiger partial charge is 0.154 e. The second kappa shape index (κ2) is 8.30. The lowest BCUT2D eigenvalue weighted by atomic mass is 10.1. The van der Waals surface area contributed by atoms with Gasteiger partial charge in [-0.25, -0.2) is 8.42 Å². The maximum Gasteiger partial charge on any atom is 0.154 e. The third-order valence-electron chi connectivity index (χ3n) is 2.93. The normalized spacial score (nSPS) is 11.7. The zero-order valence-electron chi connectivity index (χ0n) is 11.7. The SMILES string of the molecule is COCCNCCCS(=O)(=O)Cc1ccccc1C. The summed E-state index contributed by atoms with van der Waals surface area (Å²) in [5.74, 6) is 0.360. The van der Waals surface area contributed by atoms with E-state index in [-0.39, 0.29) is 11.5 Å². The Kier molecular flexibility index (Phi) is 7.05. The molecule has 0 bridgehead atoms. The molecule has 0 radical (unpaired) electrons. The van der Waals surface area contributed by atoms with E-state index < -0.39 is 9.84 Å². The molecular weight excluding hydrogens is 262 g/mol. The molecule has 0 saturated carbocycles. The minimum Gasteiger partial charge on any atom is -0.383 e. The number of benzene rings is 1. The number of aryl methyl sites for hydroxylation is 1. The highest BCUT2D eigenvalue weighted by Gasteiger charge is 2.12. The minimum absolute atomic E-state index is 0.137. The fourth-order valence-electron chi connectivity index (χ4n) is 1.80. The van der Waals surface area contributed by atoms with E-state index in [4.69, 9.17) is 4.74 Å². The molecular formula is C14H23NO3S. The first-order chi connectivity index (χ1) is 9.05. The first-order valence-corrected chi connectivity index (χ1v) is 8.32. The molecule has 19 heavy (non-hydrogen) atoms. The number of methoxy groups -OCH3 is 1. The molecule has 0 amide bonds. The molecule has 0 aliphatic rings. The maximum atomic E-state index is 12.0. The third-order valence-corrected chi connectivity index (χ3v) is 4.59. The number of ether oxygens (including phenoxy) is 1. The van der Waals surface area contributed by atoms with Gasteiger partial charge < -0.3 is 10.1 Å². The molecule has 1 aromatic carbocycles. The highest BCUT2D eigenvalue weighted by Crippen LogP contribution is 2.12. The van der Waals surface area contributed by atoms with Crippen molar-refractivity contribution in [3.8, 4) is 0 Å². The van der Waals surface area contributed by atoms with Crippen LogP contribution in [0.5, 0.6) is 0 Å². The van der Waals surface area contributed by atoms with Gasteiger partial charge in [-0.3, -0.25) is 0 Å². The standard InChI is InChI=1S/C14H23NO3S/c1-13-6-3-4-7-14(13)12-19(16,17)11-5-8-15-9-10-18-2/h3-4,6-7,15H,5,8-12H2,1-2H3. The molecule has 0 aliphatic carbocycles. The van der Waals surface area contributed by atoms with Gasteiger partial charge in [0.1, 0.15) is 0 Å². The van der Waals surface area contributed by atoms with E-state index in [2.05, 4.69) is 5.32 Å². The van der Waals surface area contributed by atoms with Crippen molar-refractivity contribution in [3.05, 3.63) is 35.4 Å². The summed E-state index contributed by atoms with van der Waals surface area (Å²) in [6, 6.07) is 7.62. The quantitative estimate of drug-likeness (QED) is 0.699. The molecule has 108 valence electrons. The van der Waals surface area contributed by atoms with Crippen molar-refractivity contribution in [2.45, 2.75) is 19.1 Å². The molecule has 0 atom stereocenters. The Hall–Kier alpha value is -0.910. The van der Waals surface area contributed by atoms with Crippen molar-refractivity contribution in [1.29, 1.82) is 0 Å². The Morgan fingerprint density at radius 2 is 1.95 bits per heavy atom. The van der Waals surface area contributed by atoms with Crippen LogP contribution in [0.4, 0.5) is 0 Å². The van der Waals surface area contributed by atoms with Gasteiger partial charge in [-0.15, -0.1) is 0 Å². The summed E-state index contributed by atoms with van der Waals surface area (Å²) in [4.78, 5) is 0. The van der Waals surface area contributed by atoms with Crippen molar-refractivity contribution in [2.75, 3.05) is 32.6 Å². The number of hydrogen-bond acceptors (Lipinski definition) is 4. The molecule has 4 nitrogen and oxygen atoms in total. The van der Waals surface area contributed by atoms with E-state index in [0.717, 1.165) is 17.7 Å². The first kappa shape index (κ1) is 16.1. The van der Waals surface area contributed by atoms with Gasteiger partial charge in [-0.05, 0) is 31.0 Å². The summed E-state index contributed by atoms with van der Waals surface area (Å²) in [6.07, 6.45) is 0.637. The van der Waals surface area contributed by atoms with Crippen molar-refractivity contribution >= 4 is 9.84 Å². The molecule has 0 spiro atoms. The highest BCUT2D eigenvalue weighted by molar-refractivity contribution is 7.90. The average Bonchev–Trinajstić information content (AvgIpc) is 2.36. The summed E-state index contributed by atoms with van der Waals surface area (Å²) in [7, 11) is -1.37. The average molecular weight is 285 g/mol. The fraction of sp³-hybridized carbons (Fsp3) is 0.571. The van der Waals surface area contributed by atoms with Gasteiger partial charge in [0.2, 0.25) is 0 Å². The Morgan fingerprint density at radius 1 is 1.21 bits per heavy atom. The fourth-order valence-corrected chi connectivity index (χ4v) is 3.32. The van der Waals surface area contributed by atoms with Crippen LogP contribution in [0, 0.1) is 6.92 Å². The molecule has 0 saturated heterocycles. The Balaban J connectivity index is 2.34. The van der Waals surface area contributed by atoms with Crippen LogP contribution in [0.25, 0.3) is 0 Å². The van der Waals surface area contributed by atoms with Crippen LogP contribution in [0.2, 0.25) is 0 Å². The summed E-state index contributed by atoms with van der Waals surface area (Å²) < 4.78 is 28.9. The van der Waals surface area contributed by atoms with E-state index in [1.165, 1.54) is 0 Å². The van der Waals surface area contributed by atoms with Crippen LogP contribution in [0.3, 0.4) is 0 Å². The van der Waals surface area contributed by atoms with Crippen LogP contribution >= 0.6 is 0 Å². The molecule has 1 rings (SSSR count). The first-order valence-electron chi connectivity index (χ1n) is 6.50. The maximum absolute atomic E-state index is 12.0. The van der Waals surface area contributed by atoms with Crippen molar-refractivity contribution < 1.29 is 13.2 Å². The van der Waals surface area contributed by atoms with E-state index >= 15 is 0 Å². The molecule has 1 aromatic rings. The number of sulfone groups is 1. The predicted molar refractivity (Wildman–Crippen MR) is 78.0 cm³/mol. The molecule has 0 unspecified atom stereocenters. The third kappa shape index (κ3) is 6.71. The lowest BCUT2D eigenvalue weighted by molar-refractivity contribution is 0.199. The largest absolute Gasteiger partial charge is 0.383 e. The van der Waals surface area contributed by atoms with E-state index in [9.17, 15) is 8.42 Å². The van der Waals surface area contributed by atoms with Gasteiger partial charge in [-0.2, -0.15) is 0 Å². The monoisotopic (exact) mass is 285 g/mol.